The molecule has 2 heterocycles. The van der Waals surface area contributed by atoms with Crippen molar-refractivity contribution < 1.29 is 14.3 Å². The Kier molecular flexibility index (Phi) is 8.46. The average molecular weight is 536 g/mol. The predicted octanol–water partition coefficient (Wildman–Crippen LogP) is 4.88. The van der Waals surface area contributed by atoms with E-state index in [1.807, 2.05) is 53.4 Å². The minimum atomic E-state index is -0.114. The number of ether oxygens (including phenoxy) is 1. The first-order valence-electron chi connectivity index (χ1n) is 12.5. The average Bonchev–Trinajstić information content (AvgIpc) is 3.29. The number of amides is 2. The Morgan fingerprint density at radius 1 is 0.892 bits per heavy atom. The van der Waals surface area contributed by atoms with Crippen LogP contribution in [0.3, 0.4) is 0 Å². The van der Waals surface area contributed by atoms with Crippen molar-refractivity contribution in [1.82, 2.24) is 15.1 Å². The van der Waals surface area contributed by atoms with Crippen LogP contribution in [0.5, 0.6) is 0 Å². The summed E-state index contributed by atoms with van der Waals surface area (Å²) in [5, 5.41) is 3.62. The van der Waals surface area contributed by atoms with E-state index in [4.69, 9.17) is 16.3 Å². The fourth-order valence-electron chi connectivity index (χ4n) is 4.55. The van der Waals surface area contributed by atoms with E-state index in [0.717, 1.165) is 49.5 Å². The van der Waals surface area contributed by atoms with Crippen molar-refractivity contribution in [2.24, 2.45) is 0 Å². The maximum Gasteiger partial charge on any atom is 0.251 e. The molecule has 0 radical (unpaired) electrons. The Morgan fingerprint density at radius 3 is 2.22 bits per heavy atom. The third-order valence-corrected chi connectivity index (χ3v) is 8.19. The lowest BCUT2D eigenvalue weighted by atomic mass is 10.1. The van der Waals surface area contributed by atoms with Gasteiger partial charge in [0, 0.05) is 43.3 Å². The molecule has 3 aromatic rings. The third-order valence-electron chi connectivity index (χ3n) is 6.68. The number of carbonyl (C=O) groups excluding carboxylic acids is 2. The topological polar surface area (TPSA) is 61.9 Å². The molecular weight excluding hydrogens is 506 g/mol. The first-order chi connectivity index (χ1) is 18.0. The van der Waals surface area contributed by atoms with Gasteiger partial charge in [-0.1, -0.05) is 60.1 Å². The molecule has 0 aromatic heterocycles. The second kappa shape index (κ2) is 12.1. The van der Waals surface area contributed by atoms with Gasteiger partial charge in [-0.05, 0) is 46.5 Å². The maximum atomic E-state index is 12.8. The number of nitrogens with zero attached hydrogens (tertiary/aromatic N) is 2. The molecule has 0 bridgehead atoms. The lowest BCUT2D eigenvalue weighted by Gasteiger charge is -2.26. The van der Waals surface area contributed by atoms with Gasteiger partial charge in [-0.2, -0.15) is 0 Å². The molecule has 1 unspecified atom stereocenters. The predicted molar refractivity (Wildman–Crippen MR) is 147 cm³/mol. The van der Waals surface area contributed by atoms with Gasteiger partial charge in [0.25, 0.3) is 5.91 Å². The van der Waals surface area contributed by atoms with Crippen LogP contribution in [-0.2, 0) is 29.2 Å². The normalized spacial score (nSPS) is 18.2. The van der Waals surface area contributed by atoms with Crippen molar-refractivity contribution in [3.05, 3.63) is 106 Å². The molecule has 0 aliphatic carbocycles. The van der Waals surface area contributed by atoms with Crippen molar-refractivity contribution in [3.8, 4) is 0 Å². The van der Waals surface area contributed by atoms with Crippen LogP contribution in [-0.4, -0.2) is 53.7 Å². The van der Waals surface area contributed by atoms with Gasteiger partial charge >= 0.3 is 0 Å². The van der Waals surface area contributed by atoms with Crippen molar-refractivity contribution in [1.29, 1.82) is 0 Å². The molecule has 2 saturated heterocycles. The number of nitrogens with one attached hydrogen (secondary N) is 1. The van der Waals surface area contributed by atoms with E-state index in [1.54, 1.807) is 11.8 Å². The maximum absolute atomic E-state index is 12.8. The molecule has 2 amide bonds. The van der Waals surface area contributed by atoms with Gasteiger partial charge in [0.2, 0.25) is 5.91 Å². The van der Waals surface area contributed by atoms with Crippen LogP contribution in [0.4, 0.5) is 0 Å². The fraction of sp³-hybridized carbons (Fsp3) is 0.310. The van der Waals surface area contributed by atoms with E-state index >= 15 is 0 Å². The van der Waals surface area contributed by atoms with E-state index in [2.05, 4.69) is 34.5 Å². The molecule has 6 nitrogen and oxygen atoms in total. The number of thioether (sulfide) groups is 1. The highest BCUT2D eigenvalue weighted by atomic mass is 35.5. The largest absolute Gasteiger partial charge is 0.379 e. The zero-order valence-electron chi connectivity index (χ0n) is 20.6. The third kappa shape index (κ3) is 6.73. The smallest absolute Gasteiger partial charge is 0.251 e. The number of hydrogen-bond donors (Lipinski definition) is 1. The quantitative estimate of drug-likeness (QED) is 0.445. The van der Waals surface area contributed by atoms with Crippen molar-refractivity contribution in [2.45, 2.75) is 25.0 Å². The van der Waals surface area contributed by atoms with Gasteiger partial charge in [-0.25, -0.2) is 0 Å². The standard InChI is InChI=1S/C29H30ClN3O3S/c30-26-11-5-23(6-12-26)19-33-27(34)20-37-29(33)25-9-7-24(8-10-25)28(35)31-17-21-1-3-22(4-2-21)18-32-13-15-36-16-14-32/h1-12,29H,13-20H2,(H,31,35). The zero-order chi connectivity index (χ0) is 25.6. The van der Waals surface area contributed by atoms with Crippen molar-refractivity contribution in [2.75, 3.05) is 32.1 Å². The highest BCUT2D eigenvalue weighted by Gasteiger charge is 2.32. The fourth-order valence-corrected chi connectivity index (χ4v) is 5.87. The minimum absolute atomic E-state index is 0.0729. The summed E-state index contributed by atoms with van der Waals surface area (Å²) >= 11 is 7.60. The Labute approximate surface area is 226 Å². The monoisotopic (exact) mass is 535 g/mol. The van der Waals surface area contributed by atoms with Crippen LogP contribution >= 0.6 is 23.4 Å². The van der Waals surface area contributed by atoms with Crippen LogP contribution in [0.25, 0.3) is 0 Å². The van der Waals surface area contributed by atoms with Crippen LogP contribution in [0.2, 0.25) is 5.02 Å². The van der Waals surface area contributed by atoms with E-state index in [0.29, 0.717) is 29.4 Å². The van der Waals surface area contributed by atoms with Crippen LogP contribution in [0.15, 0.2) is 72.8 Å². The zero-order valence-corrected chi connectivity index (χ0v) is 22.1. The van der Waals surface area contributed by atoms with Crippen LogP contribution in [0.1, 0.15) is 38.0 Å². The molecule has 192 valence electrons. The van der Waals surface area contributed by atoms with Crippen molar-refractivity contribution in [3.63, 3.8) is 0 Å². The molecule has 0 saturated carbocycles. The summed E-state index contributed by atoms with van der Waals surface area (Å²) in [5.74, 6) is 0.450. The molecule has 2 aliphatic rings. The summed E-state index contributed by atoms with van der Waals surface area (Å²) in [5.41, 5.74) is 4.98. The molecule has 2 aliphatic heterocycles. The van der Waals surface area contributed by atoms with Gasteiger partial charge in [0.05, 0.1) is 19.0 Å². The molecule has 3 aromatic carbocycles. The summed E-state index contributed by atoms with van der Waals surface area (Å²) in [7, 11) is 0. The van der Waals surface area contributed by atoms with Crippen LogP contribution < -0.4 is 5.32 Å². The Balaban J connectivity index is 1.15. The molecule has 1 atom stereocenters. The molecular formula is C29H30ClN3O3S. The van der Waals surface area contributed by atoms with Gasteiger partial charge in [0.15, 0.2) is 0 Å². The van der Waals surface area contributed by atoms with E-state index in [9.17, 15) is 9.59 Å². The van der Waals surface area contributed by atoms with E-state index in [1.165, 1.54) is 5.56 Å². The number of morpholine rings is 1. The number of halogens is 1. The van der Waals surface area contributed by atoms with Gasteiger partial charge in [0.1, 0.15) is 5.37 Å². The van der Waals surface area contributed by atoms with Crippen molar-refractivity contribution >= 4 is 35.2 Å². The minimum Gasteiger partial charge on any atom is -0.379 e. The SMILES string of the molecule is O=C(NCc1ccc(CN2CCOCC2)cc1)c1ccc(C2SCC(=O)N2Cc2ccc(Cl)cc2)cc1. The van der Waals surface area contributed by atoms with Gasteiger partial charge in [-0.15, -0.1) is 11.8 Å². The Bertz CT molecular complexity index is 1210. The summed E-state index contributed by atoms with van der Waals surface area (Å²) in [6, 6.07) is 23.5. The summed E-state index contributed by atoms with van der Waals surface area (Å²) in [4.78, 5) is 29.6. The van der Waals surface area contributed by atoms with Gasteiger partial charge < -0.3 is 15.0 Å². The second-order valence-electron chi connectivity index (χ2n) is 9.32. The summed E-state index contributed by atoms with van der Waals surface area (Å²) in [6.07, 6.45) is 0. The highest BCUT2D eigenvalue weighted by Crippen LogP contribution is 2.39. The molecule has 1 N–H and O–H groups in total. The number of rotatable bonds is 8. The number of carbonyl (C=O) groups is 2. The molecule has 8 heteroatoms. The summed E-state index contributed by atoms with van der Waals surface area (Å²) in [6.45, 7) is 5.44. The molecule has 2 fully saturated rings. The molecule has 37 heavy (non-hydrogen) atoms. The van der Waals surface area contributed by atoms with Gasteiger partial charge in [-0.3, -0.25) is 14.5 Å². The first-order valence-corrected chi connectivity index (χ1v) is 13.9. The van der Waals surface area contributed by atoms with Crippen LogP contribution in [0, 0.1) is 0 Å². The number of benzene rings is 3. The highest BCUT2D eigenvalue weighted by molar-refractivity contribution is 8.00. The Morgan fingerprint density at radius 2 is 1.51 bits per heavy atom. The second-order valence-corrected chi connectivity index (χ2v) is 10.8. The Hall–Kier alpha value is -2.84. The molecule has 5 rings (SSSR count). The summed E-state index contributed by atoms with van der Waals surface area (Å²) < 4.78 is 5.41. The lowest BCUT2D eigenvalue weighted by molar-refractivity contribution is -0.128. The van der Waals surface area contributed by atoms with E-state index in [-0.39, 0.29) is 17.2 Å². The number of hydrogen-bond acceptors (Lipinski definition) is 5. The first kappa shape index (κ1) is 25.8. The molecule has 0 spiro atoms. The van der Waals surface area contributed by atoms with E-state index < -0.39 is 0 Å². The lowest BCUT2D eigenvalue weighted by Crippen LogP contribution is -2.35.